The normalized spacial score (nSPS) is 19.2. The van der Waals surface area contributed by atoms with Gasteiger partial charge in [-0.25, -0.2) is 4.39 Å². The van der Waals surface area contributed by atoms with Gasteiger partial charge in [-0.15, -0.1) is 11.3 Å². The van der Waals surface area contributed by atoms with Crippen LogP contribution in [0.4, 0.5) is 4.39 Å². The first-order chi connectivity index (χ1) is 13.6. The van der Waals surface area contributed by atoms with Crippen LogP contribution in [0.3, 0.4) is 0 Å². The van der Waals surface area contributed by atoms with Crippen LogP contribution >= 0.6 is 11.3 Å². The molecule has 2 aliphatic rings. The third-order valence-electron chi connectivity index (χ3n) is 5.66. The lowest BCUT2D eigenvalue weighted by atomic mass is 9.87. The van der Waals surface area contributed by atoms with Crippen molar-refractivity contribution in [1.29, 1.82) is 0 Å². The van der Waals surface area contributed by atoms with Crippen molar-refractivity contribution in [3.8, 4) is 0 Å². The van der Waals surface area contributed by atoms with Gasteiger partial charge in [-0.3, -0.25) is 9.59 Å². The minimum atomic E-state index is -0.293. The Balaban J connectivity index is 1.37. The van der Waals surface area contributed by atoms with E-state index in [1.807, 2.05) is 11.0 Å². The van der Waals surface area contributed by atoms with E-state index < -0.39 is 0 Å². The maximum atomic E-state index is 13.3. The highest BCUT2D eigenvalue weighted by molar-refractivity contribution is 7.14. The van der Waals surface area contributed by atoms with Crippen molar-refractivity contribution in [2.45, 2.75) is 45.1 Å². The number of aryl methyl sites for hydroxylation is 1. The van der Waals surface area contributed by atoms with Crippen molar-refractivity contribution in [2.75, 3.05) is 13.1 Å². The van der Waals surface area contributed by atoms with Gasteiger partial charge in [-0.05, 0) is 67.9 Å². The van der Waals surface area contributed by atoms with Gasteiger partial charge in [0.25, 0.3) is 5.91 Å². The van der Waals surface area contributed by atoms with E-state index in [4.69, 9.17) is 0 Å². The molecule has 0 bridgehead atoms. The number of hydrogen-bond donors (Lipinski definition) is 1. The maximum absolute atomic E-state index is 13.3. The smallest absolute Gasteiger partial charge is 0.263 e. The van der Waals surface area contributed by atoms with Crippen LogP contribution < -0.4 is 5.32 Å². The molecule has 1 atom stereocenters. The fourth-order valence-corrected chi connectivity index (χ4v) is 5.26. The summed E-state index contributed by atoms with van der Waals surface area (Å²) in [5, 5.41) is 2.93. The number of nitrogens with zero attached hydrogens (tertiary/aromatic N) is 1. The summed E-state index contributed by atoms with van der Waals surface area (Å²) < 4.78 is 13.3. The Labute approximate surface area is 168 Å². The van der Waals surface area contributed by atoms with E-state index in [9.17, 15) is 14.0 Å². The Morgan fingerprint density at radius 1 is 1.18 bits per heavy atom. The molecule has 1 saturated heterocycles. The zero-order valence-electron chi connectivity index (χ0n) is 15.9. The van der Waals surface area contributed by atoms with Crippen molar-refractivity contribution < 1.29 is 14.0 Å². The van der Waals surface area contributed by atoms with Gasteiger partial charge in [0.05, 0.1) is 4.88 Å². The van der Waals surface area contributed by atoms with Crippen LogP contribution in [0.5, 0.6) is 0 Å². The minimum absolute atomic E-state index is 0.00465. The number of piperidine rings is 1. The van der Waals surface area contributed by atoms with E-state index in [0.29, 0.717) is 13.0 Å². The molecule has 1 aliphatic heterocycles. The molecular weight excluding hydrogens is 375 g/mol. The summed E-state index contributed by atoms with van der Waals surface area (Å²) in [5.41, 5.74) is 1.90. The fourth-order valence-electron chi connectivity index (χ4n) is 4.09. The summed E-state index contributed by atoms with van der Waals surface area (Å²) >= 11 is 1.60. The van der Waals surface area contributed by atoms with Crippen molar-refractivity contribution in [3.63, 3.8) is 0 Å². The van der Waals surface area contributed by atoms with Gasteiger partial charge in [-0.1, -0.05) is 12.1 Å². The molecule has 4 rings (SSSR count). The summed E-state index contributed by atoms with van der Waals surface area (Å²) in [5.74, 6) is -0.233. The van der Waals surface area contributed by atoms with Gasteiger partial charge in [0.1, 0.15) is 5.82 Å². The number of fused-ring (bicyclic) bond motifs is 1. The summed E-state index contributed by atoms with van der Waals surface area (Å²) in [6.07, 6.45) is 5.69. The Morgan fingerprint density at radius 2 is 2.00 bits per heavy atom. The quantitative estimate of drug-likeness (QED) is 0.845. The number of carbonyl (C=O) groups is 2. The number of carbonyl (C=O) groups excluding carboxylic acids is 2. The monoisotopic (exact) mass is 400 g/mol. The molecular formula is C22H25FN2O2S. The number of halogens is 1. The highest BCUT2D eigenvalue weighted by Crippen LogP contribution is 2.33. The highest BCUT2D eigenvalue weighted by Gasteiger charge is 2.28. The second kappa shape index (κ2) is 8.43. The molecule has 2 amide bonds. The van der Waals surface area contributed by atoms with Crippen LogP contribution in [-0.4, -0.2) is 29.8 Å². The number of nitrogens with one attached hydrogen (secondary N) is 1. The van der Waals surface area contributed by atoms with E-state index >= 15 is 0 Å². The third kappa shape index (κ3) is 4.27. The number of likely N-dealkylation sites (tertiary alicyclic amines) is 1. The second-order valence-corrected chi connectivity index (χ2v) is 8.84. The van der Waals surface area contributed by atoms with E-state index in [1.165, 1.54) is 23.4 Å². The number of hydrogen-bond acceptors (Lipinski definition) is 3. The zero-order chi connectivity index (χ0) is 19.5. The van der Waals surface area contributed by atoms with E-state index in [1.54, 1.807) is 23.5 Å². The van der Waals surface area contributed by atoms with E-state index in [0.717, 1.165) is 54.8 Å². The highest BCUT2D eigenvalue weighted by atomic mass is 32.1. The predicted octanol–water partition coefficient (Wildman–Crippen LogP) is 3.93. The molecule has 2 heterocycles. The largest absolute Gasteiger partial charge is 0.352 e. The van der Waals surface area contributed by atoms with Gasteiger partial charge in [0.2, 0.25) is 5.91 Å². The molecule has 0 spiro atoms. The number of rotatable bonds is 4. The van der Waals surface area contributed by atoms with Crippen LogP contribution in [0.15, 0.2) is 30.3 Å². The van der Waals surface area contributed by atoms with Crippen LogP contribution in [0.1, 0.15) is 51.4 Å². The summed E-state index contributed by atoms with van der Waals surface area (Å²) in [4.78, 5) is 29.3. The van der Waals surface area contributed by atoms with Crippen molar-refractivity contribution in [1.82, 2.24) is 10.2 Å². The lowest BCUT2D eigenvalue weighted by molar-refractivity contribution is -0.125. The second-order valence-electron chi connectivity index (χ2n) is 7.70. The first-order valence-electron chi connectivity index (χ1n) is 10.0. The van der Waals surface area contributed by atoms with Crippen LogP contribution in [0.25, 0.3) is 0 Å². The molecule has 0 unspecified atom stereocenters. The molecule has 1 aromatic carbocycles. The van der Waals surface area contributed by atoms with Crippen LogP contribution in [0.2, 0.25) is 0 Å². The molecule has 1 N–H and O–H groups in total. The Bertz CT molecular complexity index is 873. The first kappa shape index (κ1) is 19.1. The predicted molar refractivity (Wildman–Crippen MR) is 108 cm³/mol. The Hall–Kier alpha value is -2.21. The average Bonchev–Trinajstić information content (AvgIpc) is 3.15. The minimum Gasteiger partial charge on any atom is -0.352 e. The van der Waals surface area contributed by atoms with Gasteiger partial charge in [0, 0.05) is 30.4 Å². The van der Waals surface area contributed by atoms with Gasteiger partial charge in [0.15, 0.2) is 0 Å². The molecule has 1 aromatic heterocycles. The average molecular weight is 401 g/mol. The van der Waals surface area contributed by atoms with Crippen LogP contribution in [-0.2, 0) is 24.2 Å². The van der Waals surface area contributed by atoms with Gasteiger partial charge < -0.3 is 10.2 Å². The van der Waals surface area contributed by atoms with Gasteiger partial charge >= 0.3 is 0 Å². The van der Waals surface area contributed by atoms with Crippen molar-refractivity contribution >= 4 is 23.2 Å². The molecule has 2 aromatic rings. The van der Waals surface area contributed by atoms with Gasteiger partial charge in [-0.2, -0.15) is 0 Å². The zero-order valence-corrected chi connectivity index (χ0v) is 16.7. The number of benzene rings is 1. The molecule has 148 valence electrons. The van der Waals surface area contributed by atoms with E-state index in [2.05, 4.69) is 5.32 Å². The number of thiophene rings is 1. The molecule has 0 radical (unpaired) electrons. The first-order valence-corrected chi connectivity index (χ1v) is 10.8. The summed E-state index contributed by atoms with van der Waals surface area (Å²) in [6.45, 7) is 2.04. The van der Waals surface area contributed by atoms with Crippen LogP contribution in [0, 0.1) is 11.7 Å². The third-order valence-corrected chi connectivity index (χ3v) is 6.89. The lowest BCUT2D eigenvalue weighted by Crippen LogP contribution is -2.35. The maximum Gasteiger partial charge on any atom is 0.263 e. The summed E-state index contributed by atoms with van der Waals surface area (Å²) in [7, 11) is 0. The van der Waals surface area contributed by atoms with Crippen molar-refractivity contribution in [3.05, 3.63) is 57.0 Å². The molecule has 1 fully saturated rings. The fraction of sp³-hybridized carbons (Fsp3) is 0.455. The Kier molecular flexibility index (Phi) is 5.76. The lowest BCUT2D eigenvalue weighted by Gasteiger charge is -2.26. The topological polar surface area (TPSA) is 49.4 Å². The summed E-state index contributed by atoms with van der Waals surface area (Å²) in [6, 6.07) is 8.29. The Morgan fingerprint density at radius 3 is 2.79 bits per heavy atom. The molecule has 1 aliphatic carbocycles. The molecule has 28 heavy (non-hydrogen) atoms. The standard InChI is InChI=1S/C22H25FN2O2S/c23-18-6-4-5-15(11-18)14-24-21(26)16-7-8-19-17(12-16)13-20(28-19)22(27)25-9-2-1-3-10-25/h4-6,11,13,16H,1-3,7-10,12,14H2,(H,24,26)/t16-/m1/s1. The molecule has 4 nitrogen and oxygen atoms in total. The number of amides is 2. The molecule has 0 saturated carbocycles. The van der Waals surface area contributed by atoms with Crippen molar-refractivity contribution in [2.24, 2.45) is 5.92 Å². The molecule has 6 heteroatoms. The van der Waals surface area contributed by atoms with E-state index in [-0.39, 0.29) is 23.5 Å². The SMILES string of the molecule is O=C(NCc1cccc(F)c1)[C@@H]1CCc2sc(C(=O)N3CCCCC3)cc2C1.